The van der Waals surface area contributed by atoms with E-state index in [-0.39, 0.29) is 16.4 Å². The van der Waals surface area contributed by atoms with Gasteiger partial charge in [0.1, 0.15) is 10.6 Å². The van der Waals surface area contributed by atoms with Gasteiger partial charge < -0.3 is 9.47 Å². The van der Waals surface area contributed by atoms with E-state index in [0.29, 0.717) is 15.6 Å². The maximum Gasteiger partial charge on any atom is 0.312 e. The van der Waals surface area contributed by atoms with Gasteiger partial charge in [0.2, 0.25) is 0 Å². The first-order chi connectivity index (χ1) is 11.4. The fourth-order valence-corrected chi connectivity index (χ4v) is 3.90. The van der Waals surface area contributed by atoms with E-state index < -0.39 is 34.0 Å². The highest BCUT2D eigenvalue weighted by Gasteiger charge is 2.44. The number of ether oxygens (including phenoxy) is 2. The van der Waals surface area contributed by atoms with Gasteiger partial charge in [-0.05, 0) is 38.3 Å². The van der Waals surface area contributed by atoms with Gasteiger partial charge in [0, 0.05) is 6.07 Å². The molecule has 1 heterocycles. The van der Waals surface area contributed by atoms with Gasteiger partial charge in [-0.3, -0.25) is 9.59 Å². The number of carbonyl (C=O) groups is 2. The van der Waals surface area contributed by atoms with Crippen molar-refractivity contribution in [2.45, 2.75) is 45.4 Å². The molecule has 0 spiro atoms. The average molecular weight is 369 g/mol. The molecule has 1 aliphatic rings. The molecule has 138 valence electrons. The highest BCUT2D eigenvalue weighted by molar-refractivity contribution is 7.90. The first-order valence-electron chi connectivity index (χ1n) is 7.87. The molecule has 0 radical (unpaired) electrons. The summed E-state index contributed by atoms with van der Waals surface area (Å²) in [6.07, 6.45) is 0. The summed E-state index contributed by atoms with van der Waals surface area (Å²) >= 11 is 0. The van der Waals surface area contributed by atoms with Crippen molar-refractivity contribution in [3.8, 4) is 5.75 Å². The SMILES string of the molecule is COc1cc(C(C)C)c2c(c1)S(=O)(=O)N(COC(=O)C(C)(C)C)C2=O. The summed E-state index contributed by atoms with van der Waals surface area (Å²) in [4.78, 5) is 24.5. The molecule has 0 bridgehead atoms. The minimum atomic E-state index is -4.10. The standard InChI is InChI=1S/C17H23NO6S/c1-10(2)12-7-11(23-6)8-13-14(12)15(19)18(25(13,21)22)9-24-16(20)17(3,4)5/h7-8,10H,9H2,1-6H3. The van der Waals surface area contributed by atoms with E-state index in [2.05, 4.69) is 0 Å². The van der Waals surface area contributed by atoms with Crippen LogP contribution in [0.1, 0.15) is 56.5 Å². The van der Waals surface area contributed by atoms with Crippen LogP contribution in [-0.4, -0.2) is 38.4 Å². The minimum Gasteiger partial charge on any atom is -0.497 e. The average Bonchev–Trinajstić information content (AvgIpc) is 2.70. The zero-order chi connectivity index (χ0) is 19.2. The van der Waals surface area contributed by atoms with Crippen LogP contribution in [0.3, 0.4) is 0 Å². The third kappa shape index (κ3) is 3.35. The maximum atomic E-state index is 12.8. The van der Waals surface area contributed by atoms with Gasteiger partial charge in [-0.1, -0.05) is 13.8 Å². The number of benzene rings is 1. The maximum absolute atomic E-state index is 12.8. The van der Waals surface area contributed by atoms with Crippen molar-refractivity contribution in [1.82, 2.24) is 4.31 Å². The van der Waals surface area contributed by atoms with E-state index in [1.54, 1.807) is 26.8 Å². The Morgan fingerprint density at radius 3 is 2.32 bits per heavy atom. The molecule has 0 atom stereocenters. The number of hydrogen-bond donors (Lipinski definition) is 0. The van der Waals surface area contributed by atoms with E-state index in [0.717, 1.165) is 0 Å². The second-order valence-corrected chi connectivity index (χ2v) is 9.04. The Labute approximate surface area is 148 Å². The summed E-state index contributed by atoms with van der Waals surface area (Å²) in [5.41, 5.74) is -0.110. The van der Waals surface area contributed by atoms with Gasteiger partial charge in [0.25, 0.3) is 15.9 Å². The molecule has 2 rings (SSSR count). The molecule has 0 aromatic heterocycles. The number of esters is 1. The van der Waals surface area contributed by atoms with E-state index in [9.17, 15) is 18.0 Å². The summed E-state index contributed by atoms with van der Waals surface area (Å²) in [7, 11) is -2.67. The number of hydrogen-bond acceptors (Lipinski definition) is 6. The lowest BCUT2D eigenvalue weighted by Crippen LogP contribution is -2.35. The number of fused-ring (bicyclic) bond motifs is 1. The Balaban J connectivity index is 2.47. The van der Waals surface area contributed by atoms with Crippen LogP contribution in [0.4, 0.5) is 0 Å². The van der Waals surface area contributed by atoms with Crippen LogP contribution in [0, 0.1) is 5.41 Å². The minimum absolute atomic E-state index is 0.0833. The van der Waals surface area contributed by atoms with E-state index in [1.807, 2.05) is 13.8 Å². The predicted octanol–water partition coefficient (Wildman–Crippen LogP) is 2.51. The molecular weight excluding hydrogens is 346 g/mol. The van der Waals surface area contributed by atoms with Gasteiger partial charge in [-0.15, -0.1) is 0 Å². The Morgan fingerprint density at radius 1 is 1.24 bits per heavy atom. The van der Waals surface area contributed by atoms with Crippen molar-refractivity contribution in [2.24, 2.45) is 5.41 Å². The zero-order valence-corrected chi connectivity index (χ0v) is 16.1. The van der Waals surface area contributed by atoms with Crippen molar-refractivity contribution in [1.29, 1.82) is 0 Å². The van der Waals surface area contributed by atoms with Gasteiger partial charge in [0.15, 0.2) is 6.73 Å². The predicted molar refractivity (Wildman–Crippen MR) is 90.9 cm³/mol. The van der Waals surface area contributed by atoms with E-state index >= 15 is 0 Å². The lowest BCUT2D eigenvalue weighted by atomic mass is 9.96. The largest absolute Gasteiger partial charge is 0.497 e. The molecule has 1 aromatic carbocycles. The van der Waals surface area contributed by atoms with Gasteiger partial charge in [-0.25, -0.2) is 8.42 Å². The van der Waals surface area contributed by atoms with E-state index in [4.69, 9.17) is 9.47 Å². The topological polar surface area (TPSA) is 90.0 Å². The highest BCUT2D eigenvalue weighted by atomic mass is 32.2. The third-order valence-electron chi connectivity index (χ3n) is 3.90. The lowest BCUT2D eigenvalue weighted by Gasteiger charge is -2.20. The molecule has 0 aliphatic carbocycles. The molecular formula is C17H23NO6S. The van der Waals surface area contributed by atoms with Gasteiger partial charge >= 0.3 is 5.97 Å². The summed E-state index contributed by atoms with van der Waals surface area (Å²) in [5.74, 6) is -1.01. The monoisotopic (exact) mass is 369 g/mol. The highest BCUT2D eigenvalue weighted by Crippen LogP contribution is 2.38. The van der Waals surface area contributed by atoms with Crippen molar-refractivity contribution in [3.05, 3.63) is 23.3 Å². The summed E-state index contributed by atoms with van der Waals surface area (Å²) in [6.45, 7) is 8.00. The van der Waals surface area contributed by atoms with Gasteiger partial charge in [0.05, 0.1) is 18.1 Å². The molecule has 1 aromatic rings. The van der Waals surface area contributed by atoms with Crippen LogP contribution in [-0.2, 0) is 19.6 Å². The smallest absolute Gasteiger partial charge is 0.312 e. The fraction of sp³-hybridized carbons (Fsp3) is 0.529. The van der Waals surface area contributed by atoms with E-state index in [1.165, 1.54) is 13.2 Å². The Hall–Kier alpha value is -2.09. The van der Waals surface area contributed by atoms with Crippen LogP contribution >= 0.6 is 0 Å². The zero-order valence-electron chi connectivity index (χ0n) is 15.2. The number of carbonyl (C=O) groups excluding carboxylic acids is 2. The van der Waals surface area contributed by atoms with Crippen molar-refractivity contribution in [3.63, 3.8) is 0 Å². The number of nitrogens with zero attached hydrogens (tertiary/aromatic N) is 1. The number of sulfonamides is 1. The summed E-state index contributed by atoms with van der Waals surface area (Å²) in [6, 6.07) is 2.97. The first kappa shape index (κ1) is 19.2. The second kappa shape index (κ2) is 6.33. The molecule has 8 heteroatoms. The molecule has 1 aliphatic heterocycles. The number of methoxy groups -OCH3 is 1. The van der Waals surface area contributed by atoms with Crippen LogP contribution in [0.2, 0.25) is 0 Å². The van der Waals surface area contributed by atoms with Crippen LogP contribution in [0.5, 0.6) is 5.75 Å². The van der Waals surface area contributed by atoms with Crippen molar-refractivity contribution in [2.75, 3.05) is 13.8 Å². The molecule has 0 unspecified atom stereocenters. The van der Waals surface area contributed by atoms with Crippen LogP contribution < -0.4 is 4.74 Å². The summed E-state index contributed by atoms with van der Waals surface area (Å²) in [5, 5.41) is 0. The Bertz CT molecular complexity index is 820. The first-order valence-corrected chi connectivity index (χ1v) is 9.31. The lowest BCUT2D eigenvalue weighted by molar-refractivity contribution is -0.155. The van der Waals surface area contributed by atoms with Crippen molar-refractivity contribution < 1.29 is 27.5 Å². The summed E-state index contributed by atoms with van der Waals surface area (Å²) < 4.78 is 36.3. The normalized spacial score (nSPS) is 16.1. The molecule has 7 nitrogen and oxygen atoms in total. The second-order valence-electron chi connectivity index (χ2n) is 7.21. The fourth-order valence-electron chi connectivity index (χ4n) is 2.43. The molecule has 0 fully saturated rings. The molecule has 0 saturated carbocycles. The number of rotatable bonds is 4. The quantitative estimate of drug-likeness (QED) is 0.758. The molecule has 25 heavy (non-hydrogen) atoms. The van der Waals surface area contributed by atoms with Crippen LogP contribution in [0.15, 0.2) is 17.0 Å². The number of amides is 1. The Kier molecular flexibility index (Phi) is 4.87. The van der Waals surface area contributed by atoms with Crippen molar-refractivity contribution >= 4 is 21.9 Å². The molecule has 0 saturated heterocycles. The van der Waals surface area contributed by atoms with Gasteiger partial charge in [-0.2, -0.15) is 4.31 Å². The molecule has 0 N–H and O–H groups in total. The molecule has 1 amide bonds. The van der Waals surface area contributed by atoms with Crippen LogP contribution in [0.25, 0.3) is 0 Å². The Morgan fingerprint density at radius 2 is 1.84 bits per heavy atom. The third-order valence-corrected chi connectivity index (χ3v) is 5.63.